The molecule has 0 N–H and O–H groups in total. The number of allylic oxidation sites excluding steroid dienone is 1. The first-order valence-electron chi connectivity index (χ1n) is 3.06. The lowest BCUT2D eigenvalue weighted by molar-refractivity contribution is 1.21. The Morgan fingerprint density at radius 3 is 2.67 bits per heavy atom. The third-order valence-corrected chi connectivity index (χ3v) is 0.710. The molecule has 0 unspecified atom stereocenters. The number of nitrogens with zero attached hydrogens (tertiary/aromatic N) is 2. The van der Waals surface area contributed by atoms with Gasteiger partial charge in [0.2, 0.25) is 0 Å². The molecule has 0 atom stereocenters. The summed E-state index contributed by atoms with van der Waals surface area (Å²) in [7, 11) is 0. The lowest BCUT2D eigenvalue weighted by Gasteiger charge is -1.73. The molecule has 9 heavy (non-hydrogen) atoms. The summed E-state index contributed by atoms with van der Waals surface area (Å²) in [6.07, 6.45) is 7.96. The van der Waals surface area contributed by atoms with Gasteiger partial charge in [-0.05, 0) is 13.3 Å². The van der Waals surface area contributed by atoms with Gasteiger partial charge >= 0.3 is 0 Å². The van der Waals surface area contributed by atoms with Gasteiger partial charge in [0.25, 0.3) is 0 Å². The second kappa shape index (κ2) is 7.08. The number of aliphatic imine (C=N–C) groups is 2. The van der Waals surface area contributed by atoms with Crippen LogP contribution in [0.1, 0.15) is 20.3 Å². The summed E-state index contributed by atoms with van der Waals surface area (Å²) in [4.78, 5) is 7.62. The van der Waals surface area contributed by atoms with Crippen molar-refractivity contribution >= 4 is 12.6 Å². The van der Waals surface area contributed by atoms with E-state index in [0.717, 1.165) is 6.42 Å². The van der Waals surface area contributed by atoms with Gasteiger partial charge in [-0.1, -0.05) is 13.0 Å². The molecule has 0 aromatic heterocycles. The van der Waals surface area contributed by atoms with Crippen LogP contribution in [0.25, 0.3) is 0 Å². The molecule has 50 valence electrons. The summed E-state index contributed by atoms with van der Waals surface area (Å²) in [5.41, 5.74) is 0. The van der Waals surface area contributed by atoms with Crippen LogP contribution >= 0.6 is 0 Å². The third-order valence-electron chi connectivity index (χ3n) is 0.710. The van der Waals surface area contributed by atoms with E-state index < -0.39 is 0 Å². The van der Waals surface area contributed by atoms with E-state index in [1.54, 1.807) is 12.4 Å². The molecule has 0 rings (SSSR count). The molecule has 0 radical (unpaired) electrons. The fourth-order valence-electron chi connectivity index (χ4n) is 0.310. The van der Waals surface area contributed by atoms with E-state index >= 15 is 0 Å². The van der Waals surface area contributed by atoms with E-state index in [2.05, 4.69) is 16.9 Å². The molecule has 2 heteroatoms. The lowest BCUT2D eigenvalue weighted by atomic mass is 10.5. The van der Waals surface area contributed by atoms with Crippen LogP contribution in [0.4, 0.5) is 0 Å². The van der Waals surface area contributed by atoms with Gasteiger partial charge in [0.1, 0.15) is 6.34 Å². The van der Waals surface area contributed by atoms with Crippen molar-refractivity contribution in [1.82, 2.24) is 0 Å². The van der Waals surface area contributed by atoms with Crippen LogP contribution in [0.5, 0.6) is 0 Å². The van der Waals surface area contributed by atoms with Crippen molar-refractivity contribution in [1.29, 1.82) is 0 Å². The minimum absolute atomic E-state index is 1.02. The Bertz CT molecular complexity index is 123. The molecule has 0 aliphatic carbocycles. The largest absolute Gasteiger partial charge is 0.250 e. The maximum Gasteiger partial charge on any atom is 0.114 e. The maximum absolute atomic E-state index is 3.85. The van der Waals surface area contributed by atoms with Gasteiger partial charge in [0, 0.05) is 12.4 Å². The number of hydrogen-bond donors (Lipinski definition) is 0. The van der Waals surface area contributed by atoms with Gasteiger partial charge in [-0.3, -0.25) is 0 Å². The van der Waals surface area contributed by atoms with E-state index in [0.29, 0.717) is 0 Å². The number of rotatable bonds is 3. The van der Waals surface area contributed by atoms with E-state index in [1.807, 2.05) is 13.0 Å². The van der Waals surface area contributed by atoms with Gasteiger partial charge in [-0.25, -0.2) is 9.98 Å². The van der Waals surface area contributed by atoms with Crippen molar-refractivity contribution in [2.75, 3.05) is 0 Å². The zero-order chi connectivity index (χ0) is 6.95. The Kier molecular flexibility index (Phi) is 6.36. The van der Waals surface area contributed by atoms with Gasteiger partial charge < -0.3 is 0 Å². The molecule has 0 aromatic carbocycles. The van der Waals surface area contributed by atoms with Crippen molar-refractivity contribution in [3.05, 3.63) is 12.3 Å². The molecule has 0 heterocycles. The standard InChI is InChI=1S/C7H12N2/c1-3-5-6-9-7-8-4-2/h4-7H,3H2,1-2H3/b6-5-,8-4?,9-7?. The van der Waals surface area contributed by atoms with E-state index in [9.17, 15) is 0 Å². The molecule has 0 amide bonds. The van der Waals surface area contributed by atoms with Crippen LogP contribution in [0, 0.1) is 0 Å². The highest BCUT2D eigenvalue weighted by molar-refractivity contribution is 5.70. The SMILES string of the molecule is CC=NC=N/C=C\CC. The third kappa shape index (κ3) is 7.08. The zero-order valence-corrected chi connectivity index (χ0v) is 5.91. The highest BCUT2D eigenvalue weighted by atomic mass is 14.8. The number of hydrogen-bond acceptors (Lipinski definition) is 1. The summed E-state index contributed by atoms with van der Waals surface area (Å²) in [6, 6.07) is 0. The van der Waals surface area contributed by atoms with Crippen LogP contribution in [0.15, 0.2) is 22.3 Å². The fraction of sp³-hybridized carbons (Fsp3) is 0.429. The van der Waals surface area contributed by atoms with Crippen LogP contribution in [0.3, 0.4) is 0 Å². The molecule has 0 aromatic rings. The molecular weight excluding hydrogens is 112 g/mol. The van der Waals surface area contributed by atoms with Crippen LogP contribution in [-0.4, -0.2) is 12.6 Å². The van der Waals surface area contributed by atoms with Gasteiger partial charge in [0.15, 0.2) is 0 Å². The highest BCUT2D eigenvalue weighted by Gasteiger charge is 1.60. The summed E-state index contributed by atoms with van der Waals surface area (Å²) in [6.45, 7) is 3.92. The Hall–Kier alpha value is -0.920. The van der Waals surface area contributed by atoms with Crippen molar-refractivity contribution < 1.29 is 0 Å². The Balaban J connectivity index is 3.35. The Labute approximate surface area is 56.0 Å². The normalized spacial score (nSPS) is 12.7. The van der Waals surface area contributed by atoms with E-state index in [-0.39, 0.29) is 0 Å². The lowest BCUT2D eigenvalue weighted by Crippen LogP contribution is -1.63. The topological polar surface area (TPSA) is 24.7 Å². The molecule has 2 nitrogen and oxygen atoms in total. The second-order valence-electron chi connectivity index (χ2n) is 1.46. The zero-order valence-electron chi connectivity index (χ0n) is 5.91. The van der Waals surface area contributed by atoms with Crippen molar-refractivity contribution in [3.63, 3.8) is 0 Å². The molecule has 0 saturated carbocycles. The van der Waals surface area contributed by atoms with E-state index in [1.165, 1.54) is 6.34 Å². The highest BCUT2D eigenvalue weighted by Crippen LogP contribution is 1.78. The molecule has 0 bridgehead atoms. The van der Waals surface area contributed by atoms with Crippen molar-refractivity contribution in [2.45, 2.75) is 20.3 Å². The molecule has 0 fully saturated rings. The van der Waals surface area contributed by atoms with Gasteiger partial charge in [0.05, 0.1) is 0 Å². The van der Waals surface area contributed by atoms with Crippen molar-refractivity contribution in [3.8, 4) is 0 Å². The Morgan fingerprint density at radius 2 is 2.11 bits per heavy atom. The summed E-state index contributed by atoms with van der Waals surface area (Å²) < 4.78 is 0. The first kappa shape index (κ1) is 8.08. The first-order valence-corrected chi connectivity index (χ1v) is 3.06. The Morgan fingerprint density at radius 1 is 1.33 bits per heavy atom. The average Bonchev–Trinajstić information content (AvgIpc) is 1.89. The smallest absolute Gasteiger partial charge is 0.114 e. The quantitative estimate of drug-likeness (QED) is 0.406. The van der Waals surface area contributed by atoms with Gasteiger partial charge in [-0.2, -0.15) is 0 Å². The van der Waals surface area contributed by atoms with Crippen LogP contribution in [-0.2, 0) is 0 Å². The fourth-order valence-corrected chi connectivity index (χ4v) is 0.310. The molecule has 0 aliphatic rings. The van der Waals surface area contributed by atoms with Crippen LogP contribution < -0.4 is 0 Å². The summed E-state index contributed by atoms with van der Waals surface area (Å²) in [5.74, 6) is 0. The second-order valence-corrected chi connectivity index (χ2v) is 1.46. The molecule has 0 saturated heterocycles. The summed E-state index contributed by atoms with van der Waals surface area (Å²) in [5, 5.41) is 0. The molecule has 0 spiro atoms. The first-order chi connectivity index (χ1) is 4.41. The van der Waals surface area contributed by atoms with Gasteiger partial charge in [-0.15, -0.1) is 0 Å². The summed E-state index contributed by atoms with van der Waals surface area (Å²) >= 11 is 0. The van der Waals surface area contributed by atoms with E-state index in [4.69, 9.17) is 0 Å². The predicted octanol–water partition coefficient (Wildman–Crippen LogP) is 2.03. The molecular formula is C7H12N2. The monoisotopic (exact) mass is 124 g/mol. The molecule has 0 aliphatic heterocycles. The van der Waals surface area contributed by atoms with Crippen molar-refractivity contribution in [2.24, 2.45) is 9.98 Å². The maximum atomic E-state index is 3.85. The average molecular weight is 124 g/mol. The minimum atomic E-state index is 1.02. The predicted molar refractivity (Wildman–Crippen MR) is 42.1 cm³/mol. The minimum Gasteiger partial charge on any atom is -0.250 e. The van der Waals surface area contributed by atoms with Crippen LogP contribution in [0.2, 0.25) is 0 Å².